The van der Waals surface area contributed by atoms with Crippen LogP contribution >= 0.6 is 0 Å². The monoisotopic (exact) mass is 207 g/mol. The average Bonchev–Trinajstić information content (AvgIpc) is 2.26. The van der Waals surface area contributed by atoms with Crippen LogP contribution in [0.5, 0.6) is 0 Å². The van der Waals surface area contributed by atoms with Gasteiger partial charge in [-0.05, 0) is 0 Å². The van der Waals surface area contributed by atoms with E-state index >= 15 is 0 Å². The predicted octanol–water partition coefficient (Wildman–Crippen LogP) is -0.419. The molecule has 1 rings (SSSR count). The highest BCUT2D eigenvalue weighted by molar-refractivity contribution is 5.90. The fraction of sp³-hybridized carbons (Fsp3) is 0.222. The number of nitrogens with zero attached hydrogens (tertiary/aromatic N) is 2. The molecule has 0 fully saturated rings. The van der Waals surface area contributed by atoms with Crippen molar-refractivity contribution in [3.8, 4) is 12.3 Å². The molecule has 0 aliphatic heterocycles. The van der Waals surface area contributed by atoms with E-state index in [1.807, 2.05) is 0 Å². The summed E-state index contributed by atoms with van der Waals surface area (Å²) in [6.07, 6.45) is 7.68. The molecule has 1 aromatic rings. The summed E-state index contributed by atoms with van der Waals surface area (Å²) in [7, 11) is 0. The van der Waals surface area contributed by atoms with Crippen LogP contribution in [0.1, 0.15) is 10.5 Å². The van der Waals surface area contributed by atoms with Crippen molar-refractivity contribution >= 4 is 11.8 Å². The normalized spacial score (nSPS) is 11.5. The quantitative estimate of drug-likeness (QED) is 0.580. The van der Waals surface area contributed by atoms with E-state index in [-0.39, 0.29) is 18.1 Å². The van der Waals surface area contributed by atoms with Crippen LogP contribution in [-0.4, -0.2) is 38.8 Å². The van der Waals surface area contributed by atoms with Gasteiger partial charge in [0.05, 0.1) is 6.61 Å². The Labute approximate surface area is 86.0 Å². The number of carbonyl (C=O) groups is 1. The third-order valence-electron chi connectivity index (χ3n) is 1.60. The second-order valence-electron chi connectivity index (χ2n) is 2.60. The van der Waals surface area contributed by atoms with E-state index in [0.29, 0.717) is 0 Å². The van der Waals surface area contributed by atoms with Crippen LogP contribution in [0, 0.1) is 12.3 Å². The lowest BCUT2D eigenvalue weighted by Crippen LogP contribution is -2.24. The van der Waals surface area contributed by atoms with Crippen LogP contribution in [0.4, 0.5) is 5.82 Å². The van der Waals surface area contributed by atoms with Crippen molar-refractivity contribution in [2.45, 2.75) is 6.04 Å². The van der Waals surface area contributed by atoms with E-state index < -0.39 is 12.0 Å². The minimum absolute atomic E-state index is 0.0435. The third-order valence-corrected chi connectivity index (χ3v) is 1.60. The number of carboxylic acids is 1. The van der Waals surface area contributed by atoms with Crippen molar-refractivity contribution < 1.29 is 15.0 Å². The van der Waals surface area contributed by atoms with E-state index in [4.69, 9.17) is 16.6 Å². The SMILES string of the molecule is C#CC(CO)Nc1nccnc1C(=O)O. The number of aliphatic hydroxyl groups excluding tert-OH is 1. The predicted molar refractivity (Wildman–Crippen MR) is 52.3 cm³/mol. The molecular weight excluding hydrogens is 198 g/mol. The molecule has 0 bridgehead atoms. The maximum atomic E-state index is 10.7. The fourth-order valence-electron chi connectivity index (χ4n) is 0.905. The molecule has 1 heterocycles. The molecule has 0 aliphatic carbocycles. The minimum atomic E-state index is -1.21. The lowest BCUT2D eigenvalue weighted by atomic mass is 10.3. The molecule has 15 heavy (non-hydrogen) atoms. The van der Waals surface area contributed by atoms with E-state index in [2.05, 4.69) is 21.2 Å². The average molecular weight is 207 g/mol. The number of hydrogen-bond donors (Lipinski definition) is 3. The van der Waals surface area contributed by atoms with Gasteiger partial charge in [0.25, 0.3) is 0 Å². The van der Waals surface area contributed by atoms with Gasteiger partial charge in [0.2, 0.25) is 0 Å². The van der Waals surface area contributed by atoms with Gasteiger partial charge in [-0.1, -0.05) is 5.92 Å². The lowest BCUT2D eigenvalue weighted by molar-refractivity contribution is 0.0691. The Morgan fingerprint density at radius 1 is 1.60 bits per heavy atom. The summed E-state index contributed by atoms with van der Waals surface area (Å²) >= 11 is 0. The number of nitrogens with one attached hydrogen (secondary N) is 1. The molecule has 0 saturated heterocycles. The molecule has 0 spiro atoms. The molecule has 6 nitrogen and oxygen atoms in total. The fourth-order valence-corrected chi connectivity index (χ4v) is 0.905. The highest BCUT2D eigenvalue weighted by Crippen LogP contribution is 2.09. The molecule has 0 radical (unpaired) electrons. The van der Waals surface area contributed by atoms with Crippen molar-refractivity contribution in [3.63, 3.8) is 0 Å². The van der Waals surface area contributed by atoms with Crippen molar-refractivity contribution in [1.82, 2.24) is 9.97 Å². The molecule has 1 atom stereocenters. The van der Waals surface area contributed by atoms with E-state index in [0.717, 1.165) is 0 Å². The molecule has 1 aromatic heterocycles. The van der Waals surface area contributed by atoms with Crippen LogP contribution < -0.4 is 5.32 Å². The smallest absolute Gasteiger partial charge is 0.358 e. The van der Waals surface area contributed by atoms with Gasteiger partial charge < -0.3 is 15.5 Å². The van der Waals surface area contributed by atoms with Crippen molar-refractivity contribution in [2.24, 2.45) is 0 Å². The third kappa shape index (κ3) is 2.65. The van der Waals surface area contributed by atoms with Crippen LogP contribution in [0.25, 0.3) is 0 Å². The molecule has 0 amide bonds. The highest BCUT2D eigenvalue weighted by atomic mass is 16.4. The Morgan fingerprint density at radius 2 is 2.27 bits per heavy atom. The Hall–Kier alpha value is -2.13. The molecule has 1 unspecified atom stereocenters. The largest absolute Gasteiger partial charge is 0.476 e. The maximum absolute atomic E-state index is 10.7. The zero-order valence-electron chi connectivity index (χ0n) is 7.71. The first-order valence-electron chi connectivity index (χ1n) is 4.07. The molecule has 3 N–H and O–H groups in total. The zero-order valence-corrected chi connectivity index (χ0v) is 7.71. The molecular formula is C9H9N3O3. The van der Waals surface area contributed by atoms with E-state index in [9.17, 15) is 4.79 Å². The number of aromatic nitrogens is 2. The highest BCUT2D eigenvalue weighted by Gasteiger charge is 2.14. The first kappa shape index (κ1) is 10.9. The standard InChI is InChI=1S/C9H9N3O3/c1-2-6(5-13)12-8-7(9(14)15)10-3-4-11-8/h1,3-4,6,13H,5H2,(H,11,12)(H,14,15). The van der Waals surface area contributed by atoms with Gasteiger partial charge in [-0.25, -0.2) is 14.8 Å². The van der Waals surface area contributed by atoms with Gasteiger partial charge in [0.1, 0.15) is 6.04 Å². The Bertz CT molecular complexity index is 400. The molecule has 0 aromatic carbocycles. The Kier molecular flexibility index (Phi) is 3.60. The lowest BCUT2D eigenvalue weighted by Gasteiger charge is -2.11. The number of rotatable bonds is 4. The second kappa shape index (κ2) is 4.93. The number of aliphatic hydroxyl groups is 1. The number of carboxylic acid groups (broad SMARTS) is 1. The van der Waals surface area contributed by atoms with E-state index in [1.54, 1.807) is 0 Å². The van der Waals surface area contributed by atoms with Crippen LogP contribution in [0.15, 0.2) is 12.4 Å². The van der Waals surface area contributed by atoms with Crippen molar-refractivity contribution in [2.75, 3.05) is 11.9 Å². The number of terminal acetylenes is 1. The Balaban J connectivity index is 2.94. The van der Waals surface area contributed by atoms with Crippen LogP contribution in [0.2, 0.25) is 0 Å². The summed E-state index contributed by atoms with van der Waals surface area (Å²) in [4.78, 5) is 18.1. The second-order valence-corrected chi connectivity index (χ2v) is 2.60. The van der Waals surface area contributed by atoms with Crippen molar-refractivity contribution in [3.05, 3.63) is 18.1 Å². The molecule has 6 heteroatoms. The first-order valence-corrected chi connectivity index (χ1v) is 4.07. The molecule has 0 aliphatic rings. The number of anilines is 1. The van der Waals surface area contributed by atoms with Gasteiger partial charge in [-0.3, -0.25) is 0 Å². The van der Waals surface area contributed by atoms with Crippen LogP contribution in [-0.2, 0) is 0 Å². The summed E-state index contributed by atoms with van der Waals surface area (Å²) in [5.41, 5.74) is -0.230. The minimum Gasteiger partial charge on any atom is -0.476 e. The zero-order chi connectivity index (χ0) is 11.3. The molecule has 78 valence electrons. The first-order chi connectivity index (χ1) is 7.19. The van der Waals surface area contributed by atoms with Gasteiger partial charge in [-0.2, -0.15) is 0 Å². The van der Waals surface area contributed by atoms with E-state index in [1.165, 1.54) is 12.4 Å². The number of hydrogen-bond acceptors (Lipinski definition) is 5. The molecule has 0 saturated carbocycles. The summed E-state index contributed by atoms with van der Waals surface area (Å²) in [6, 6.07) is -0.681. The van der Waals surface area contributed by atoms with Gasteiger partial charge in [0, 0.05) is 12.4 Å². The van der Waals surface area contributed by atoms with Crippen LogP contribution in [0.3, 0.4) is 0 Å². The summed E-state index contributed by atoms with van der Waals surface area (Å²) in [5, 5.41) is 20.2. The van der Waals surface area contributed by atoms with Gasteiger partial charge in [-0.15, -0.1) is 6.42 Å². The summed E-state index contributed by atoms with van der Waals surface area (Å²) in [5.74, 6) is 1.08. The Morgan fingerprint density at radius 3 is 2.80 bits per heavy atom. The summed E-state index contributed by atoms with van der Waals surface area (Å²) in [6.45, 7) is -0.313. The van der Waals surface area contributed by atoms with Gasteiger partial charge in [0.15, 0.2) is 11.5 Å². The maximum Gasteiger partial charge on any atom is 0.358 e. The van der Waals surface area contributed by atoms with Crippen molar-refractivity contribution in [1.29, 1.82) is 0 Å². The van der Waals surface area contributed by atoms with Gasteiger partial charge >= 0.3 is 5.97 Å². The topological polar surface area (TPSA) is 95.3 Å². The summed E-state index contributed by atoms with van der Waals surface area (Å²) < 4.78 is 0. The number of aromatic carboxylic acids is 1.